The molecule has 2 aliphatic rings. The Morgan fingerprint density at radius 2 is 2.00 bits per heavy atom. The number of amides is 1. The van der Waals surface area contributed by atoms with Crippen LogP contribution in [0, 0.1) is 0 Å². The van der Waals surface area contributed by atoms with Gasteiger partial charge in [-0.2, -0.15) is 5.10 Å². The van der Waals surface area contributed by atoms with E-state index in [0.717, 1.165) is 36.5 Å². The maximum absolute atomic E-state index is 13.1. The van der Waals surface area contributed by atoms with E-state index >= 15 is 0 Å². The highest BCUT2D eigenvalue weighted by Crippen LogP contribution is 2.29. The first-order valence-corrected chi connectivity index (χ1v) is 9.55. The Bertz CT molecular complexity index is 799. The molecule has 26 heavy (non-hydrogen) atoms. The molecule has 0 saturated carbocycles. The smallest absolute Gasteiger partial charge is 0.253 e. The van der Waals surface area contributed by atoms with Crippen molar-refractivity contribution in [3.8, 4) is 11.4 Å². The Morgan fingerprint density at radius 1 is 1.19 bits per heavy atom. The molecule has 2 saturated heterocycles. The summed E-state index contributed by atoms with van der Waals surface area (Å²) in [4.78, 5) is 22.0. The maximum Gasteiger partial charge on any atom is 0.253 e. The van der Waals surface area contributed by atoms with Crippen LogP contribution in [0.15, 0.2) is 30.6 Å². The van der Waals surface area contributed by atoms with Crippen LogP contribution in [0.1, 0.15) is 49.5 Å². The Morgan fingerprint density at radius 3 is 2.81 bits per heavy atom. The Labute approximate surface area is 154 Å². The summed E-state index contributed by atoms with van der Waals surface area (Å²) >= 11 is 0. The van der Waals surface area contributed by atoms with Gasteiger partial charge in [0.1, 0.15) is 6.33 Å². The van der Waals surface area contributed by atoms with E-state index in [1.165, 1.54) is 12.8 Å². The van der Waals surface area contributed by atoms with Gasteiger partial charge < -0.3 is 4.90 Å². The van der Waals surface area contributed by atoms with E-state index < -0.39 is 0 Å². The molecule has 6 nitrogen and oxygen atoms in total. The van der Waals surface area contributed by atoms with Gasteiger partial charge in [0.15, 0.2) is 5.82 Å². The number of carbonyl (C=O) groups is 1. The minimum Gasteiger partial charge on any atom is -0.337 e. The van der Waals surface area contributed by atoms with Crippen LogP contribution in [0.2, 0.25) is 0 Å². The minimum absolute atomic E-state index is 0.128. The van der Waals surface area contributed by atoms with Gasteiger partial charge in [-0.1, -0.05) is 12.1 Å². The van der Waals surface area contributed by atoms with Crippen molar-refractivity contribution in [3.63, 3.8) is 0 Å². The number of rotatable bonds is 3. The summed E-state index contributed by atoms with van der Waals surface area (Å²) in [6.07, 6.45) is 5.11. The van der Waals surface area contributed by atoms with E-state index in [1.54, 1.807) is 6.33 Å². The molecule has 1 aromatic carbocycles. The molecular formula is C20H27N5O. The monoisotopic (exact) mass is 353 g/mol. The summed E-state index contributed by atoms with van der Waals surface area (Å²) in [6, 6.07) is 9.17. The van der Waals surface area contributed by atoms with E-state index in [9.17, 15) is 4.79 Å². The van der Waals surface area contributed by atoms with E-state index in [1.807, 2.05) is 33.8 Å². The highest BCUT2D eigenvalue weighted by molar-refractivity contribution is 5.95. The van der Waals surface area contributed by atoms with Crippen LogP contribution < -0.4 is 0 Å². The summed E-state index contributed by atoms with van der Waals surface area (Å²) in [5, 5.41) is 4.31. The van der Waals surface area contributed by atoms with Crippen molar-refractivity contribution in [2.45, 2.75) is 51.2 Å². The second-order valence-corrected chi connectivity index (χ2v) is 7.79. The zero-order chi connectivity index (χ0) is 18.3. The third-order valence-corrected chi connectivity index (χ3v) is 5.87. The van der Waals surface area contributed by atoms with Crippen molar-refractivity contribution in [3.05, 3.63) is 36.2 Å². The number of nitrogens with zero attached hydrogens (tertiary/aromatic N) is 5. The third kappa shape index (κ3) is 3.03. The van der Waals surface area contributed by atoms with Crippen LogP contribution in [0.4, 0.5) is 0 Å². The molecule has 2 aromatic rings. The molecule has 0 unspecified atom stereocenters. The van der Waals surface area contributed by atoms with Gasteiger partial charge in [-0.05, 0) is 52.3 Å². The SMILES string of the molecule is CC(C)n1ncnc1-c1cccc(C(=O)N2CC[C@@H]3CC[C@H](C2)N3C)c1. The van der Waals surface area contributed by atoms with Crippen molar-refractivity contribution < 1.29 is 4.79 Å². The molecule has 2 atom stereocenters. The number of likely N-dealkylation sites (N-methyl/N-ethyl adjacent to an activating group) is 1. The first kappa shape index (κ1) is 17.2. The van der Waals surface area contributed by atoms with Crippen LogP contribution in [0.3, 0.4) is 0 Å². The number of hydrogen-bond acceptors (Lipinski definition) is 4. The number of fused-ring (bicyclic) bond motifs is 2. The molecule has 3 heterocycles. The molecule has 0 spiro atoms. The van der Waals surface area contributed by atoms with Crippen molar-refractivity contribution in [2.24, 2.45) is 0 Å². The van der Waals surface area contributed by atoms with E-state index in [4.69, 9.17) is 0 Å². The topological polar surface area (TPSA) is 54.3 Å². The largest absolute Gasteiger partial charge is 0.337 e. The summed E-state index contributed by atoms with van der Waals surface area (Å²) in [6.45, 7) is 5.83. The first-order chi connectivity index (χ1) is 12.5. The van der Waals surface area contributed by atoms with Crippen molar-refractivity contribution in [2.75, 3.05) is 20.1 Å². The van der Waals surface area contributed by atoms with Crippen LogP contribution >= 0.6 is 0 Å². The summed E-state index contributed by atoms with van der Waals surface area (Å²) < 4.78 is 1.89. The quantitative estimate of drug-likeness (QED) is 0.851. The molecule has 4 rings (SSSR count). The maximum atomic E-state index is 13.1. The lowest BCUT2D eigenvalue weighted by Crippen LogP contribution is -2.39. The van der Waals surface area contributed by atoms with Gasteiger partial charge in [0, 0.05) is 42.3 Å². The van der Waals surface area contributed by atoms with Crippen LogP contribution in [-0.4, -0.2) is 62.7 Å². The van der Waals surface area contributed by atoms with Gasteiger partial charge in [-0.25, -0.2) is 9.67 Å². The molecule has 0 aliphatic carbocycles. The number of aromatic nitrogens is 3. The second kappa shape index (κ2) is 6.83. The molecule has 138 valence electrons. The van der Waals surface area contributed by atoms with E-state index in [2.05, 4.69) is 35.9 Å². The molecule has 2 fully saturated rings. The zero-order valence-electron chi connectivity index (χ0n) is 15.8. The van der Waals surface area contributed by atoms with E-state index in [-0.39, 0.29) is 11.9 Å². The molecule has 2 aliphatic heterocycles. The Hall–Kier alpha value is -2.21. The fraction of sp³-hybridized carbons (Fsp3) is 0.550. The van der Waals surface area contributed by atoms with Gasteiger partial charge in [0.2, 0.25) is 0 Å². The zero-order valence-corrected chi connectivity index (χ0v) is 15.8. The van der Waals surface area contributed by atoms with Gasteiger partial charge in [0.05, 0.1) is 0 Å². The number of carbonyl (C=O) groups excluding carboxylic acids is 1. The highest BCUT2D eigenvalue weighted by Gasteiger charge is 2.36. The fourth-order valence-corrected chi connectivity index (χ4v) is 4.30. The van der Waals surface area contributed by atoms with Crippen LogP contribution in [0.5, 0.6) is 0 Å². The Balaban J connectivity index is 1.58. The first-order valence-electron chi connectivity index (χ1n) is 9.55. The Kier molecular flexibility index (Phi) is 4.53. The lowest BCUT2D eigenvalue weighted by molar-refractivity contribution is 0.0740. The number of hydrogen-bond donors (Lipinski definition) is 0. The average Bonchev–Trinajstić information content (AvgIpc) is 3.20. The summed E-state index contributed by atoms with van der Waals surface area (Å²) in [5.41, 5.74) is 1.68. The normalized spacial score (nSPS) is 23.5. The molecule has 1 aromatic heterocycles. The molecule has 1 amide bonds. The van der Waals surface area contributed by atoms with Crippen molar-refractivity contribution in [1.82, 2.24) is 24.6 Å². The van der Waals surface area contributed by atoms with Crippen LogP contribution in [0.25, 0.3) is 11.4 Å². The minimum atomic E-state index is 0.128. The number of likely N-dealkylation sites (tertiary alicyclic amines) is 1. The van der Waals surface area contributed by atoms with Crippen molar-refractivity contribution in [1.29, 1.82) is 0 Å². The standard InChI is InChI=1S/C20H27N5O/c1-14(2)25-19(21-13-22-25)15-5-4-6-16(11-15)20(26)24-10-9-17-7-8-18(12-24)23(17)3/h4-6,11,13-14,17-18H,7-10,12H2,1-3H3/t17-,18+/m0/s1. The number of benzene rings is 1. The van der Waals surface area contributed by atoms with Crippen molar-refractivity contribution >= 4 is 5.91 Å². The van der Waals surface area contributed by atoms with Gasteiger partial charge in [-0.3, -0.25) is 9.69 Å². The second-order valence-electron chi connectivity index (χ2n) is 7.79. The van der Waals surface area contributed by atoms with Gasteiger partial charge in [-0.15, -0.1) is 0 Å². The summed E-state index contributed by atoms with van der Waals surface area (Å²) in [7, 11) is 2.20. The molecular weight excluding hydrogens is 326 g/mol. The highest BCUT2D eigenvalue weighted by atomic mass is 16.2. The molecule has 6 heteroatoms. The fourth-order valence-electron chi connectivity index (χ4n) is 4.30. The predicted octanol–water partition coefficient (Wildman–Crippen LogP) is 2.83. The van der Waals surface area contributed by atoms with Crippen LogP contribution in [-0.2, 0) is 0 Å². The van der Waals surface area contributed by atoms with E-state index in [0.29, 0.717) is 12.1 Å². The van der Waals surface area contributed by atoms with Gasteiger partial charge in [0.25, 0.3) is 5.91 Å². The summed E-state index contributed by atoms with van der Waals surface area (Å²) in [5.74, 6) is 0.938. The van der Waals surface area contributed by atoms with Gasteiger partial charge >= 0.3 is 0 Å². The predicted molar refractivity (Wildman–Crippen MR) is 101 cm³/mol. The molecule has 2 bridgehead atoms. The molecule has 0 N–H and O–H groups in total. The average molecular weight is 353 g/mol. The lowest BCUT2D eigenvalue weighted by atomic mass is 10.1. The lowest BCUT2D eigenvalue weighted by Gasteiger charge is -2.26. The molecule has 0 radical (unpaired) electrons. The third-order valence-electron chi connectivity index (χ3n) is 5.87.